The Hall–Kier alpha value is -2.43. The molecular formula is C16H15F2NO2. The second-order valence-electron chi connectivity index (χ2n) is 4.68. The van der Waals surface area contributed by atoms with Crippen LogP contribution >= 0.6 is 0 Å². The van der Waals surface area contributed by atoms with Crippen molar-refractivity contribution in [2.45, 2.75) is 13.8 Å². The molecule has 0 saturated carbocycles. The van der Waals surface area contributed by atoms with Gasteiger partial charge in [-0.2, -0.15) is 0 Å². The molecule has 0 fully saturated rings. The molecule has 21 heavy (non-hydrogen) atoms. The fraction of sp³-hybridized carbons (Fsp3) is 0.188. The molecule has 0 radical (unpaired) electrons. The number of ether oxygens (including phenoxy) is 1. The summed E-state index contributed by atoms with van der Waals surface area (Å²) >= 11 is 0. The zero-order valence-corrected chi connectivity index (χ0v) is 11.7. The number of para-hydroxylation sites is 1. The molecule has 0 heterocycles. The lowest BCUT2D eigenvalue weighted by Gasteiger charge is -2.12. The van der Waals surface area contributed by atoms with Crippen LogP contribution in [0.15, 0.2) is 36.4 Å². The van der Waals surface area contributed by atoms with Gasteiger partial charge in [-0.1, -0.05) is 18.2 Å². The number of benzene rings is 2. The lowest BCUT2D eigenvalue weighted by atomic mass is 10.1. The molecule has 2 aromatic rings. The SMILES string of the molecule is Cc1cccc(C)c1NC(=O)COc1ccc(F)cc1F. The fourth-order valence-electron chi connectivity index (χ4n) is 1.92. The molecule has 0 aliphatic heterocycles. The van der Waals surface area contributed by atoms with Crippen molar-refractivity contribution in [2.75, 3.05) is 11.9 Å². The van der Waals surface area contributed by atoms with Gasteiger partial charge in [-0.15, -0.1) is 0 Å². The summed E-state index contributed by atoms with van der Waals surface area (Å²) in [5.74, 6) is -2.10. The molecule has 0 saturated heterocycles. The van der Waals surface area contributed by atoms with E-state index < -0.39 is 17.5 Å². The van der Waals surface area contributed by atoms with Crippen LogP contribution in [0, 0.1) is 25.5 Å². The minimum atomic E-state index is -0.838. The molecule has 2 aromatic carbocycles. The fourth-order valence-corrected chi connectivity index (χ4v) is 1.92. The van der Waals surface area contributed by atoms with E-state index in [9.17, 15) is 13.6 Å². The Morgan fingerprint density at radius 2 is 1.81 bits per heavy atom. The summed E-state index contributed by atoms with van der Waals surface area (Å²) < 4.78 is 31.2. The normalized spacial score (nSPS) is 10.3. The van der Waals surface area contributed by atoms with Crippen molar-refractivity contribution in [3.05, 3.63) is 59.2 Å². The summed E-state index contributed by atoms with van der Waals surface area (Å²) in [6.45, 7) is 3.41. The van der Waals surface area contributed by atoms with E-state index in [4.69, 9.17) is 4.74 Å². The second kappa shape index (κ2) is 6.35. The molecule has 0 aromatic heterocycles. The highest BCUT2D eigenvalue weighted by molar-refractivity contribution is 5.93. The molecule has 1 amide bonds. The first kappa shape index (κ1) is 15.0. The summed E-state index contributed by atoms with van der Waals surface area (Å²) in [7, 11) is 0. The zero-order chi connectivity index (χ0) is 15.4. The predicted octanol–water partition coefficient (Wildman–Crippen LogP) is 3.60. The van der Waals surface area contributed by atoms with Gasteiger partial charge in [0.25, 0.3) is 5.91 Å². The molecule has 1 N–H and O–H groups in total. The molecule has 0 unspecified atom stereocenters. The van der Waals surface area contributed by atoms with Crippen molar-refractivity contribution in [3.8, 4) is 5.75 Å². The Morgan fingerprint density at radius 1 is 1.14 bits per heavy atom. The Balaban J connectivity index is 1.99. The Labute approximate surface area is 121 Å². The van der Waals surface area contributed by atoms with Crippen LogP contribution in [0.1, 0.15) is 11.1 Å². The number of aryl methyl sites for hydroxylation is 2. The molecule has 0 aliphatic carbocycles. The molecule has 0 atom stereocenters. The van der Waals surface area contributed by atoms with Crippen LogP contribution in [0.3, 0.4) is 0 Å². The van der Waals surface area contributed by atoms with E-state index in [0.717, 1.165) is 23.3 Å². The largest absolute Gasteiger partial charge is 0.481 e. The Bertz CT molecular complexity index is 651. The van der Waals surface area contributed by atoms with Crippen molar-refractivity contribution in [2.24, 2.45) is 0 Å². The first-order valence-electron chi connectivity index (χ1n) is 6.41. The highest BCUT2D eigenvalue weighted by Crippen LogP contribution is 2.20. The van der Waals surface area contributed by atoms with Crippen LogP contribution in [0.5, 0.6) is 5.75 Å². The van der Waals surface area contributed by atoms with Gasteiger partial charge in [0.15, 0.2) is 18.2 Å². The molecule has 0 bridgehead atoms. The highest BCUT2D eigenvalue weighted by atomic mass is 19.1. The van der Waals surface area contributed by atoms with Crippen molar-refractivity contribution in [1.82, 2.24) is 0 Å². The third-order valence-corrected chi connectivity index (χ3v) is 3.00. The number of halogens is 2. The highest BCUT2D eigenvalue weighted by Gasteiger charge is 2.10. The van der Waals surface area contributed by atoms with E-state index in [1.807, 2.05) is 32.0 Å². The number of nitrogens with one attached hydrogen (secondary N) is 1. The third kappa shape index (κ3) is 3.78. The van der Waals surface area contributed by atoms with Crippen molar-refractivity contribution in [1.29, 1.82) is 0 Å². The van der Waals surface area contributed by atoms with E-state index in [-0.39, 0.29) is 12.4 Å². The number of amides is 1. The summed E-state index contributed by atoms with van der Waals surface area (Å²) in [5.41, 5.74) is 2.57. The second-order valence-corrected chi connectivity index (χ2v) is 4.68. The van der Waals surface area contributed by atoms with Gasteiger partial charge in [0.2, 0.25) is 0 Å². The average molecular weight is 291 g/mol. The standard InChI is InChI=1S/C16H15F2NO2/c1-10-4-3-5-11(2)16(10)19-15(20)9-21-14-7-6-12(17)8-13(14)18/h3-8H,9H2,1-2H3,(H,19,20). The molecule has 0 spiro atoms. The Morgan fingerprint density at radius 3 is 2.43 bits per heavy atom. The minimum absolute atomic E-state index is 0.159. The molecule has 5 heteroatoms. The van der Waals surface area contributed by atoms with Crippen molar-refractivity contribution in [3.63, 3.8) is 0 Å². The van der Waals surface area contributed by atoms with Gasteiger partial charge in [-0.05, 0) is 37.1 Å². The number of rotatable bonds is 4. The Kier molecular flexibility index (Phi) is 4.52. The summed E-state index contributed by atoms with van der Waals surface area (Å²) in [6.07, 6.45) is 0. The topological polar surface area (TPSA) is 38.3 Å². The summed E-state index contributed by atoms with van der Waals surface area (Å²) in [4.78, 5) is 11.8. The lowest BCUT2D eigenvalue weighted by molar-refractivity contribution is -0.118. The quantitative estimate of drug-likeness (QED) is 0.934. The van der Waals surface area contributed by atoms with Gasteiger partial charge in [0.05, 0.1) is 0 Å². The summed E-state index contributed by atoms with van der Waals surface area (Å²) in [6, 6.07) is 8.58. The number of hydrogen-bond acceptors (Lipinski definition) is 2. The van der Waals surface area contributed by atoms with Gasteiger partial charge in [0.1, 0.15) is 5.82 Å². The van der Waals surface area contributed by atoms with Crippen LogP contribution in [0.25, 0.3) is 0 Å². The minimum Gasteiger partial charge on any atom is -0.481 e. The summed E-state index contributed by atoms with van der Waals surface area (Å²) in [5, 5.41) is 2.72. The van der Waals surface area contributed by atoms with Crippen LogP contribution < -0.4 is 10.1 Å². The lowest BCUT2D eigenvalue weighted by Crippen LogP contribution is -2.21. The van der Waals surface area contributed by atoms with Crippen LogP contribution in [-0.2, 0) is 4.79 Å². The molecule has 110 valence electrons. The van der Waals surface area contributed by atoms with Crippen LogP contribution in [0.2, 0.25) is 0 Å². The molecule has 0 aliphatic rings. The predicted molar refractivity (Wildman–Crippen MR) is 76.4 cm³/mol. The first-order valence-corrected chi connectivity index (χ1v) is 6.41. The van der Waals surface area contributed by atoms with E-state index >= 15 is 0 Å². The van der Waals surface area contributed by atoms with Crippen LogP contribution in [-0.4, -0.2) is 12.5 Å². The number of anilines is 1. The number of carbonyl (C=O) groups is 1. The third-order valence-electron chi connectivity index (χ3n) is 3.00. The first-order chi connectivity index (χ1) is 9.97. The van der Waals surface area contributed by atoms with Crippen molar-refractivity contribution >= 4 is 11.6 Å². The molecular weight excluding hydrogens is 276 g/mol. The monoisotopic (exact) mass is 291 g/mol. The van der Waals surface area contributed by atoms with Crippen LogP contribution in [0.4, 0.5) is 14.5 Å². The maximum atomic E-state index is 13.4. The van der Waals surface area contributed by atoms with E-state index in [2.05, 4.69) is 5.32 Å². The molecule has 3 nitrogen and oxygen atoms in total. The van der Waals surface area contributed by atoms with Gasteiger partial charge in [-0.3, -0.25) is 4.79 Å². The van der Waals surface area contributed by atoms with Gasteiger partial charge in [-0.25, -0.2) is 8.78 Å². The van der Waals surface area contributed by atoms with Crippen molar-refractivity contribution < 1.29 is 18.3 Å². The van der Waals surface area contributed by atoms with E-state index in [1.54, 1.807) is 0 Å². The number of carbonyl (C=O) groups excluding carboxylic acids is 1. The smallest absolute Gasteiger partial charge is 0.262 e. The van der Waals surface area contributed by atoms with Gasteiger partial charge < -0.3 is 10.1 Å². The maximum Gasteiger partial charge on any atom is 0.262 e. The maximum absolute atomic E-state index is 13.4. The van der Waals surface area contributed by atoms with E-state index in [1.165, 1.54) is 0 Å². The van der Waals surface area contributed by atoms with E-state index in [0.29, 0.717) is 11.8 Å². The average Bonchev–Trinajstić information content (AvgIpc) is 2.42. The number of hydrogen-bond donors (Lipinski definition) is 1. The van der Waals surface area contributed by atoms with Gasteiger partial charge >= 0.3 is 0 Å². The van der Waals surface area contributed by atoms with Gasteiger partial charge in [0, 0.05) is 11.8 Å². The molecule has 2 rings (SSSR count). The zero-order valence-electron chi connectivity index (χ0n) is 11.7.